The van der Waals surface area contributed by atoms with Crippen molar-refractivity contribution in [1.82, 2.24) is 15.1 Å². The lowest BCUT2D eigenvalue weighted by molar-refractivity contribution is -0.385. The molecule has 9 nitrogen and oxygen atoms in total. The van der Waals surface area contributed by atoms with Gasteiger partial charge in [0, 0.05) is 29.8 Å². The smallest absolute Gasteiger partial charge is 0.272 e. The summed E-state index contributed by atoms with van der Waals surface area (Å²) in [5.74, 6) is 0.150. The van der Waals surface area contributed by atoms with Crippen LogP contribution in [0, 0.1) is 17.0 Å². The predicted molar refractivity (Wildman–Crippen MR) is 96.4 cm³/mol. The second kappa shape index (κ2) is 7.65. The van der Waals surface area contributed by atoms with Gasteiger partial charge >= 0.3 is 0 Å². The third kappa shape index (κ3) is 4.09. The summed E-state index contributed by atoms with van der Waals surface area (Å²) in [7, 11) is 0. The molecule has 0 unspecified atom stereocenters. The Morgan fingerprint density at radius 3 is 2.78 bits per heavy atom. The van der Waals surface area contributed by atoms with Crippen molar-refractivity contribution in [2.24, 2.45) is 0 Å². The zero-order valence-electron chi connectivity index (χ0n) is 14.4. The Bertz CT molecular complexity index is 1040. The van der Waals surface area contributed by atoms with Crippen molar-refractivity contribution in [2.45, 2.75) is 13.5 Å². The number of benzene rings is 1. The average molecular weight is 368 g/mol. The molecule has 0 spiro atoms. The molecule has 0 saturated heterocycles. The first kappa shape index (κ1) is 18.1. The lowest BCUT2D eigenvalue weighted by Gasteiger charge is -2.08. The summed E-state index contributed by atoms with van der Waals surface area (Å²) in [6.45, 7) is 1.91. The fraction of sp³-hybridized carbons (Fsp3) is 0.167. The van der Waals surface area contributed by atoms with Gasteiger partial charge in [-0.05, 0) is 37.3 Å². The minimum Gasteiger partial charge on any atom is -0.463 e. The molecule has 1 aromatic carbocycles. The van der Waals surface area contributed by atoms with E-state index in [4.69, 9.17) is 4.42 Å². The highest BCUT2D eigenvalue weighted by Crippen LogP contribution is 2.18. The summed E-state index contributed by atoms with van der Waals surface area (Å²) in [4.78, 5) is 34.5. The maximum absolute atomic E-state index is 12.2. The summed E-state index contributed by atoms with van der Waals surface area (Å²) in [5, 5.41) is 17.7. The van der Waals surface area contributed by atoms with Crippen LogP contribution in [0.3, 0.4) is 0 Å². The number of amides is 1. The zero-order chi connectivity index (χ0) is 19.4. The van der Waals surface area contributed by atoms with Crippen LogP contribution in [0.4, 0.5) is 5.69 Å². The minimum absolute atomic E-state index is 0.0444. The van der Waals surface area contributed by atoms with Crippen molar-refractivity contribution in [1.29, 1.82) is 0 Å². The molecule has 138 valence electrons. The summed E-state index contributed by atoms with van der Waals surface area (Å²) in [5.41, 5.74) is 0.874. The largest absolute Gasteiger partial charge is 0.463 e. The van der Waals surface area contributed by atoms with E-state index in [1.54, 1.807) is 25.1 Å². The van der Waals surface area contributed by atoms with Gasteiger partial charge in [0.05, 0.1) is 17.7 Å². The van der Waals surface area contributed by atoms with E-state index in [-0.39, 0.29) is 30.2 Å². The number of nitrogens with zero attached hydrogens (tertiary/aromatic N) is 3. The maximum Gasteiger partial charge on any atom is 0.272 e. The minimum atomic E-state index is -0.499. The van der Waals surface area contributed by atoms with Crippen LogP contribution in [0.15, 0.2) is 57.9 Å². The fourth-order valence-electron chi connectivity index (χ4n) is 2.54. The van der Waals surface area contributed by atoms with Gasteiger partial charge < -0.3 is 9.73 Å². The molecule has 0 bridgehead atoms. The second-order valence-corrected chi connectivity index (χ2v) is 5.77. The average Bonchev–Trinajstić information content (AvgIpc) is 3.17. The molecule has 0 aliphatic heterocycles. The number of rotatable bonds is 6. The molecule has 0 atom stereocenters. The van der Waals surface area contributed by atoms with Crippen LogP contribution in [0.2, 0.25) is 0 Å². The second-order valence-electron chi connectivity index (χ2n) is 5.77. The maximum atomic E-state index is 12.2. The number of hydrogen-bond acceptors (Lipinski definition) is 6. The topological polar surface area (TPSA) is 120 Å². The van der Waals surface area contributed by atoms with Crippen molar-refractivity contribution in [3.8, 4) is 11.5 Å². The van der Waals surface area contributed by atoms with Crippen molar-refractivity contribution in [3.63, 3.8) is 0 Å². The first-order chi connectivity index (χ1) is 13.0. The van der Waals surface area contributed by atoms with Gasteiger partial charge in [-0.15, -0.1) is 0 Å². The Balaban J connectivity index is 1.65. The van der Waals surface area contributed by atoms with Gasteiger partial charge in [-0.25, -0.2) is 4.68 Å². The number of carbonyl (C=O) groups is 1. The molecule has 9 heteroatoms. The molecule has 3 rings (SSSR count). The van der Waals surface area contributed by atoms with Crippen molar-refractivity contribution in [3.05, 3.63) is 80.3 Å². The Morgan fingerprint density at radius 2 is 2.11 bits per heavy atom. The molecule has 0 radical (unpaired) electrons. The SMILES string of the molecule is Cc1cc(C(=O)NCCn2nc(-c3ccco3)ccc2=O)ccc1[N+](=O)[O-]. The first-order valence-electron chi connectivity index (χ1n) is 8.11. The van der Waals surface area contributed by atoms with E-state index in [0.29, 0.717) is 22.6 Å². The molecule has 27 heavy (non-hydrogen) atoms. The monoisotopic (exact) mass is 368 g/mol. The normalized spacial score (nSPS) is 10.6. The molecular formula is C18H16N4O5. The molecule has 2 heterocycles. The number of nitro benzene ring substituents is 1. The summed E-state index contributed by atoms with van der Waals surface area (Å²) in [6.07, 6.45) is 1.51. The molecule has 0 aliphatic carbocycles. The van der Waals surface area contributed by atoms with E-state index in [1.807, 2.05) is 0 Å². The molecular weight excluding hydrogens is 352 g/mol. The van der Waals surface area contributed by atoms with Crippen LogP contribution in [0.25, 0.3) is 11.5 Å². The van der Waals surface area contributed by atoms with E-state index in [2.05, 4.69) is 10.4 Å². The Labute approximate surface area is 153 Å². The Hall–Kier alpha value is -3.75. The lowest BCUT2D eigenvalue weighted by atomic mass is 10.1. The van der Waals surface area contributed by atoms with E-state index in [9.17, 15) is 19.7 Å². The van der Waals surface area contributed by atoms with Crippen molar-refractivity contribution < 1.29 is 14.1 Å². The van der Waals surface area contributed by atoms with Crippen LogP contribution in [0.1, 0.15) is 15.9 Å². The van der Waals surface area contributed by atoms with Crippen LogP contribution >= 0.6 is 0 Å². The van der Waals surface area contributed by atoms with Gasteiger partial charge in [0.25, 0.3) is 17.2 Å². The van der Waals surface area contributed by atoms with Gasteiger partial charge in [-0.1, -0.05) is 0 Å². The first-order valence-corrected chi connectivity index (χ1v) is 8.11. The molecule has 1 N–H and O–H groups in total. The van der Waals surface area contributed by atoms with Gasteiger partial charge in [0.15, 0.2) is 5.76 Å². The van der Waals surface area contributed by atoms with E-state index in [0.717, 1.165) is 0 Å². The molecule has 3 aromatic rings. The number of aryl methyl sites for hydroxylation is 1. The number of hydrogen-bond donors (Lipinski definition) is 1. The van der Waals surface area contributed by atoms with Gasteiger partial charge in [-0.3, -0.25) is 19.7 Å². The van der Waals surface area contributed by atoms with Crippen molar-refractivity contribution in [2.75, 3.05) is 6.54 Å². The molecule has 0 aliphatic rings. The van der Waals surface area contributed by atoms with Gasteiger partial charge in [-0.2, -0.15) is 5.10 Å². The molecule has 0 saturated carbocycles. The highest BCUT2D eigenvalue weighted by molar-refractivity contribution is 5.94. The standard InChI is InChI=1S/C18H16N4O5/c1-12-11-13(4-6-15(12)22(25)26)18(24)19-8-9-21-17(23)7-5-14(20-21)16-3-2-10-27-16/h2-7,10-11H,8-9H2,1H3,(H,19,24). The Kier molecular flexibility index (Phi) is 5.11. The van der Waals surface area contributed by atoms with Crippen LogP contribution in [0.5, 0.6) is 0 Å². The summed E-state index contributed by atoms with van der Waals surface area (Å²) in [6, 6.07) is 10.5. The van der Waals surface area contributed by atoms with Gasteiger partial charge in [0.2, 0.25) is 0 Å². The Morgan fingerprint density at radius 1 is 1.30 bits per heavy atom. The predicted octanol–water partition coefficient (Wildman–Crippen LogP) is 2.15. The quantitative estimate of drug-likeness (QED) is 0.526. The third-order valence-corrected chi connectivity index (χ3v) is 3.91. The fourth-order valence-corrected chi connectivity index (χ4v) is 2.54. The van der Waals surface area contributed by atoms with Crippen LogP contribution < -0.4 is 10.9 Å². The number of nitrogens with one attached hydrogen (secondary N) is 1. The lowest BCUT2D eigenvalue weighted by Crippen LogP contribution is -2.32. The number of nitro groups is 1. The van der Waals surface area contributed by atoms with E-state index < -0.39 is 4.92 Å². The van der Waals surface area contributed by atoms with Crippen LogP contribution in [-0.2, 0) is 6.54 Å². The van der Waals surface area contributed by atoms with E-state index >= 15 is 0 Å². The number of furan rings is 1. The third-order valence-electron chi connectivity index (χ3n) is 3.91. The highest BCUT2D eigenvalue weighted by atomic mass is 16.6. The summed E-state index contributed by atoms with van der Waals surface area (Å²) >= 11 is 0. The zero-order valence-corrected chi connectivity index (χ0v) is 14.4. The van der Waals surface area contributed by atoms with Gasteiger partial charge in [0.1, 0.15) is 5.69 Å². The van der Waals surface area contributed by atoms with Crippen LogP contribution in [-0.4, -0.2) is 27.2 Å². The molecule has 0 fully saturated rings. The number of carbonyl (C=O) groups excluding carboxylic acids is 1. The van der Waals surface area contributed by atoms with E-state index in [1.165, 1.54) is 35.2 Å². The summed E-state index contributed by atoms with van der Waals surface area (Å²) < 4.78 is 6.49. The highest BCUT2D eigenvalue weighted by Gasteiger charge is 2.13. The number of aromatic nitrogens is 2. The molecule has 2 aromatic heterocycles. The van der Waals surface area contributed by atoms with Crippen molar-refractivity contribution >= 4 is 11.6 Å². The molecule has 1 amide bonds.